The van der Waals surface area contributed by atoms with Crippen LogP contribution in [0.5, 0.6) is 5.75 Å². The van der Waals surface area contributed by atoms with Crippen LogP contribution in [0.2, 0.25) is 0 Å². The molecule has 0 aromatic heterocycles. The molecule has 0 saturated heterocycles. The average Bonchev–Trinajstić information content (AvgIpc) is 2.76. The number of benzene rings is 2. The van der Waals surface area contributed by atoms with E-state index >= 15 is 0 Å². The van der Waals surface area contributed by atoms with Crippen LogP contribution in [0.3, 0.4) is 0 Å². The Balaban J connectivity index is 2.38. The highest BCUT2D eigenvalue weighted by Crippen LogP contribution is 2.23. The Morgan fingerprint density at radius 1 is 1.03 bits per heavy atom. The average molecular weight is 490 g/mol. The van der Waals surface area contributed by atoms with Crippen LogP contribution in [0.25, 0.3) is 0 Å². The second-order valence-electron chi connectivity index (χ2n) is 8.48. The van der Waals surface area contributed by atoms with Gasteiger partial charge in [0.25, 0.3) is 0 Å². The summed E-state index contributed by atoms with van der Waals surface area (Å²) in [6.07, 6.45) is 1.05. The van der Waals surface area contributed by atoms with E-state index in [9.17, 15) is 18.0 Å². The molecule has 34 heavy (non-hydrogen) atoms. The highest BCUT2D eigenvalue weighted by molar-refractivity contribution is 7.92. The van der Waals surface area contributed by atoms with Gasteiger partial charge in [0.2, 0.25) is 21.8 Å². The van der Waals surface area contributed by atoms with Gasteiger partial charge in [-0.25, -0.2) is 8.42 Å². The summed E-state index contributed by atoms with van der Waals surface area (Å²) in [5.74, 6) is -0.177. The third-order valence-corrected chi connectivity index (χ3v) is 6.46. The van der Waals surface area contributed by atoms with Gasteiger partial charge in [-0.1, -0.05) is 24.3 Å². The molecule has 0 spiro atoms. The van der Waals surface area contributed by atoms with Gasteiger partial charge in [0.05, 0.1) is 18.6 Å². The fourth-order valence-corrected chi connectivity index (χ4v) is 4.30. The molecular formula is C25H35N3O5S. The number of rotatable bonds is 11. The zero-order chi connectivity index (χ0) is 25.5. The highest BCUT2D eigenvalue weighted by Gasteiger charge is 2.30. The maximum Gasteiger partial charge on any atom is 0.244 e. The lowest BCUT2D eigenvalue weighted by Gasteiger charge is -2.32. The lowest BCUT2D eigenvalue weighted by molar-refractivity contribution is -0.139. The number of amides is 2. The van der Waals surface area contributed by atoms with Crippen LogP contribution >= 0.6 is 0 Å². The summed E-state index contributed by atoms with van der Waals surface area (Å²) in [5.41, 5.74) is 2.20. The van der Waals surface area contributed by atoms with Gasteiger partial charge in [-0.15, -0.1) is 0 Å². The Morgan fingerprint density at radius 3 is 2.18 bits per heavy atom. The fraction of sp³-hybridized carbons (Fsp3) is 0.440. The maximum absolute atomic E-state index is 13.5. The van der Waals surface area contributed by atoms with Crippen molar-refractivity contribution in [1.82, 2.24) is 10.2 Å². The van der Waals surface area contributed by atoms with Gasteiger partial charge in [0, 0.05) is 12.6 Å². The van der Waals surface area contributed by atoms with Crippen molar-refractivity contribution in [2.24, 2.45) is 0 Å². The first-order valence-electron chi connectivity index (χ1n) is 11.3. The normalized spacial score (nSPS) is 12.2. The molecule has 0 aliphatic carbocycles. The molecule has 2 rings (SSSR count). The van der Waals surface area contributed by atoms with Crippen molar-refractivity contribution >= 4 is 27.5 Å². The van der Waals surface area contributed by atoms with Gasteiger partial charge < -0.3 is 15.0 Å². The molecule has 0 radical (unpaired) electrons. The molecule has 8 nitrogen and oxygen atoms in total. The Morgan fingerprint density at radius 2 is 1.65 bits per heavy atom. The third kappa shape index (κ3) is 7.48. The number of carbonyl (C=O) groups excluding carboxylic acids is 2. The molecule has 186 valence electrons. The summed E-state index contributed by atoms with van der Waals surface area (Å²) < 4.78 is 31.7. The van der Waals surface area contributed by atoms with Crippen molar-refractivity contribution in [3.8, 4) is 5.75 Å². The summed E-state index contributed by atoms with van der Waals surface area (Å²) in [7, 11) is -3.77. The number of nitrogens with one attached hydrogen (secondary N) is 1. The zero-order valence-electron chi connectivity index (χ0n) is 20.7. The molecule has 2 aromatic rings. The second-order valence-corrected chi connectivity index (χ2v) is 10.4. The molecule has 0 aliphatic heterocycles. The first-order chi connectivity index (χ1) is 15.9. The van der Waals surface area contributed by atoms with Crippen LogP contribution in [0, 0.1) is 6.92 Å². The van der Waals surface area contributed by atoms with E-state index in [-0.39, 0.29) is 18.5 Å². The molecule has 0 unspecified atom stereocenters. The smallest absolute Gasteiger partial charge is 0.244 e. The number of hydrogen-bond donors (Lipinski definition) is 1. The third-order valence-electron chi connectivity index (χ3n) is 5.32. The predicted molar refractivity (Wildman–Crippen MR) is 134 cm³/mol. The van der Waals surface area contributed by atoms with E-state index in [2.05, 4.69) is 5.32 Å². The lowest BCUT2D eigenvalue weighted by atomic mass is 10.1. The first-order valence-corrected chi connectivity index (χ1v) is 13.1. The molecule has 1 atom stereocenters. The van der Waals surface area contributed by atoms with Gasteiger partial charge >= 0.3 is 0 Å². The van der Waals surface area contributed by atoms with Gasteiger partial charge in [0.1, 0.15) is 18.3 Å². The highest BCUT2D eigenvalue weighted by atomic mass is 32.2. The van der Waals surface area contributed by atoms with Crippen molar-refractivity contribution in [3.05, 3.63) is 59.7 Å². The molecular weight excluding hydrogens is 454 g/mol. The Hall–Kier alpha value is -3.07. The van der Waals surface area contributed by atoms with Gasteiger partial charge in [-0.2, -0.15) is 0 Å². The molecule has 2 aromatic carbocycles. The summed E-state index contributed by atoms with van der Waals surface area (Å²) in [5, 5.41) is 2.83. The van der Waals surface area contributed by atoms with Crippen LogP contribution in [0.4, 0.5) is 5.69 Å². The van der Waals surface area contributed by atoms with E-state index in [1.165, 1.54) is 4.90 Å². The molecule has 0 aliphatic rings. The molecule has 0 heterocycles. The number of nitrogens with zero attached hydrogens (tertiary/aromatic N) is 2. The van der Waals surface area contributed by atoms with Crippen LogP contribution in [-0.2, 0) is 26.2 Å². The Kier molecular flexibility index (Phi) is 9.49. The summed E-state index contributed by atoms with van der Waals surface area (Å²) in [4.78, 5) is 27.7. The summed E-state index contributed by atoms with van der Waals surface area (Å²) >= 11 is 0. The first kappa shape index (κ1) is 27.2. The minimum Gasteiger partial charge on any atom is -0.494 e. The van der Waals surface area contributed by atoms with E-state index in [4.69, 9.17) is 4.74 Å². The molecule has 0 saturated carbocycles. The molecule has 0 fully saturated rings. The van der Waals surface area contributed by atoms with Crippen molar-refractivity contribution in [1.29, 1.82) is 0 Å². The maximum atomic E-state index is 13.5. The zero-order valence-corrected chi connectivity index (χ0v) is 21.6. The quantitative estimate of drug-likeness (QED) is 0.523. The molecule has 9 heteroatoms. The largest absolute Gasteiger partial charge is 0.494 e. The van der Waals surface area contributed by atoms with Gasteiger partial charge in [0.15, 0.2) is 0 Å². The standard InChI is InChI=1S/C25H35N3O5S/c1-7-33-23-14-12-22(13-15-23)28(34(6,31)32)17-24(29)27(20(5)25(30)26-18(2)3)16-21-11-9-8-10-19(21)4/h8-15,18,20H,7,16-17H2,1-6H3,(H,26,30)/t20-/m1/s1. The molecule has 1 N–H and O–H groups in total. The van der Waals surface area contributed by atoms with E-state index < -0.39 is 28.5 Å². The van der Waals surface area contributed by atoms with Crippen LogP contribution < -0.4 is 14.4 Å². The molecule has 0 bridgehead atoms. The topological polar surface area (TPSA) is 96.0 Å². The monoisotopic (exact) mass is 489 g/mol. The van der Waals surface area contributed by atoms with E-state index in [1.54, 1.807) is 31.2 Å². The number of sulfonamides is 1. The second kappa shape index (κ2) is 11.9. The SMILES string of the molecule is CCOc1ccc(N(CC(=O)N(Cc2ccccc2C)[C@H](C)C(=O)NC(C)C)S(C)(=O)=O)cc1. The fourth-order valence-electron chi connectivity index (χ4n) is 3.45. The number of carbonyl (C=O) groups is 2. The van der Waals surface area contributed by atoms with Crippen molar-refractivity contribution < 1.29 is 22.7 Å². The number of hydrogen-bond acceptors (Lipinski definition) is 5. The minimum absolute atomic E-state index is 0.0956. The Bertz CT molecular complexity index is 1080. The van der Waals surface area contributed by atoms with Crippen molar-refractivity contribution in [3.63, 3.8) is 0 Å². The predicted octanol–water partition coefficient (Wildman–Crippen LogP) is 3.10. The molecule has 2 amide bonds. The van der Waals surface area contributed by atoms with E-state index in [0.29, 0.717) is 18.0 Å². The number of ether oxygens (including phenoxy) is 1. The van der Waals surface area contributed by atoms with Gasteiger partial charge in [-0.05, 0) is 70.0 Å². The van der Waals surface area contributed by atoms with E-state index in [1.807, 2.05) is 52.0 Å². The number of anilines is 1. The number of aryl methyl sites for hydroxylation is 1. The van der Waals surface area contributed by atoms with Crippen LogP contribution in [-0.4, -0.2) is 56.6 Å². The summed E-state index contributed by atoms with van der Waals surface area (Å²) in [6.45, 7) is 9.35. The Labute approximate surface area is 202 Å². The van der Waals surface area contributed by atoms with Crippen molar-refractivity contribution in [2.75, 3.05) is 23.7 Å². The van der Waals surface area contributed by atoms with Crippen molar-refractivity contribution in [2.45, 2.75) is 53.2 Å². The van der Waals surface area contributed by atoms with Crippen LogP contribution in [0.1, 0.15) is 38.8 Å². The minimum atomic E-state index is -3.77. The van der Waals surface area contributed by atoms with Gasteiger partial charge in [-0.3, -0.25) is 13.9 Å². The van der Waals surface area contributed by atoms with E-state index in [0.717, 1.165) is 21.7 Å². The lowest BCUT2D eigenvalue weighted by Crippen LogP contribution is -2.52. The summed E-state index contributed by atoms with van der Waals surface area (Å²) in [6, 6.07) is 13.2. The van der Waals surface area contributed by atoms with Crippen LogP contribution in [0.15, 0.2) is 48.5 Å².